The number of hydrogen-bond acceptors (Lipinski definition) is 8. The van der Waals surface area contributed by atoms with E-state index in [2.05, 4.69) is 8.57 Å². The lowest BCUT2D eigenvalue weighted by Gasteiger charge is -2.16. The summed E-state index contributed by atoms with van der Waals surface area (Å²) in [6.07, 6.45) is 12.5. The van der Waals surface area contributed by atoms with Gasteiger partial charge in [-0.05, 0) is 30.6 Å². The number of allylic oxidation sites excluding steroid dienone is 8. The molecule has 1 rings (SSSR count). The third-order valence-electron chi connectivity index (χ3n) is 3.23. The molecule has 0 aromatic rings. The zero-order valence-corrected chi connectivity index (χ0v) is 14.7. The first-order chi connectivity index (χ1) is 11.3. The molecule has 0 saturated heterocycles. The largest absolute Gasteiger partial charge is 0.312 e. The quantitative estimate of drug-likeness (QED) is 0.657. The van der Waals surface area contributed by atoms with Crippen LogP contribution in [0.5, 0.6) is 0 Å². The molecule has 0 aliphatic heterocycles. The van der Waals surface area contributed by atoms with Crippen molar-refractivity contribution in [2.75, 3.05) is 0 Å². The van der Waals surface area contributed by atoms with Crippen molar-refractivity contribution in [2.45, 2.75) is 25.0 Å². The van der Waals surface area contributed by atoms with E-state index in [0.717, 1.165) is 0 Å². The van der Waals surface area contributed by atoms with Gasteiger partial charge in [0.2, 0.25) is 0 Å². The van der Waals surface area contributed by atoms with Gasteiger partial charge < -0.3 is 0 Å². The summed E-state index contributed by atoms with van der Waals surface area (Å²) < 4.78 is 55.4. The highest BCUT2D eigenvalue weighted by Crippen LogP contribution is 2.21. The van der Waals surface area contributed by atoms with Crippen molar-refractivity contribution in [3.05, 3.63) is 59.1 Å². The highest BCUT2D eigenvalue weighted by molar-refractivity contribution is 7.90. The molecule has 0 aromatic carbocycles. The van der Waals surface area contributed by atoms with Crippen LogP contribution in [0.25, 0.3) is 0 Å². The number of hydrogen-bond donors (Lipinski definition) is 2. The van der Waals surface area contributed by atoms with Gasteiger partial charge in [-0.25, -0.2) is 0 Å². The number of nitrogens with two attached hydrogens (primary N) is 2. The molecule has 0 heterocycles. The van der Waals surface area contributed by atoms with Crippen LogP contribution in [0.15, 0.2) is 59.1 Å². The van der Waals surface area contributed by atoms with Gasteiger partial charge in [-0.1, -0.05) is 43.4 Å². The van der Waals surface area contributed by atoms with E-state index >= 15 is 0 Å². The Balaban J connectivity index is 3.34. The van der Waals surface area contributed by atoms with Crippen LogP contribution in [0.3, 0.4) is 0 Å². The SMILES string of the molecule is CCC(/C1=C/C=C\C(S(=O)(=O)ON)=C/C=C\C=C/C1)S(=O)(=O)ON. The summed E-state index contributed by atoms with van der Waals surface area (Å²) in [4.78, 5) is -0.182. The lowest BCUT2D eigenvalue weighted by molar-refractivity contribution is 0.327. The third kappa shape index (κ3) is 5.51. The molecule has 8 nitrogen and oxygen atoms in total. The van der Waals surface area contributed by atoms with E-state index in [1.54, 1.807) is 25.2 Å². The van der Waals surface area contributed by atoms with Gasteiger partial charge >= 0.3 is 10.1 Å². The summed E-state index contributed by atoms with van der Waals surface area (Å²) in [5.74, 6) is 9.63. The summed E-state index contributed by atoms with van der Waals surface area (Å²) in [6, 6.07) is 0. The van der Waals surface area contributed by atoms with E-state index in [-0.39, 0.29) is 11.3 Å². The summed E-state index contributed by atoms with van der Waals surface area (Å²) in [5, 5.41) is -0.948. The van der Waals surface area contributed by atoms with Crippen molar-refractivity contribution in [1.82, 2.24) is 0 Å². The molecule has 0 spiro atoms. The van der Waals surface area contributed by atoms with Crippen LogP contribution in [0, 0.1) is 0 Å². The normalized spacial score (nSPS) is 26.1. The molecule has 1 aliphatic carbocycles. The van der Waals surface area contributed by atoms with Gasteiger partial charge in [0.05, 0.1) is 4.91 Å². The van der Waals surface area contributed by atoms with Crippen LogP contribution in [0.1, 0.15) is 19.8 Å². The minimum absolute atomic E-state index is 0.182. The lowest BCUT2D eigenvalue weighted by atomic mass is 10.1. The van der Waals surface area contributed by atoms with Gasteiger partial charge in [0.15, 0.2) is 0 Å². The van der Waals surface area contributed by atoms with Crippen LogP contribution in [0.2, 0.25) is 0 Å². The predicted molar refractivity (Wildman–Crippen MR) is 90.7 cm³/mol. The van der Waals surface area contributed by atoms with Crippen LogP contribution < -0.4 is 11.8 Å². The van der Waals surface area contributed by atoms with Crippen molar-refractivity contribution in [1.29, 1.82) is 0 Å². The van der Waals surface area contributed by atoms with Gasteiger partial charge in [-0.3, -0.25) is 0 Å². The minimum Gasteiger partial charge on any atom is -0.198 e. The molecule has 1 atom stereocenters. The van der Waals surface area contributed by atoms with Gasteiger partial charge in [-0.15, -0.1) is 0 Å². The lowest BCUT2D eigenvalue weighted by Crippen LogP contribution is -2.27. The summed E-state index contributed by atoms with van der Waals surface area (Å²) >= 11 is 0. The maximum atomic E-state index is 11.9. The highest BCUT2D eigenvalue weighted by Gasteiger charge is 2.27. The molecule has 10 heteroatoms. The Labute approximate surface area is 142 Å². The molecule has 0 aromatic heterocycles. The number of rotatable bonds is 6. The summed E-state index contributed by atoms with van der Waals surface area (Å²) in [6.45, 7) is 1.68. The Morgan fingerprint density at radius 1 is 1.04 bits per heavy atom. The summed E-state index contributed by atoms with van der Waals surface area (Å²) in [5.41, 5.74) is 0.496. The molecular weight excluding hydrogens is 356 g/mol. The van der Waals surface area contributed by atoms with Gasteiger partial charge in [-0.2, -0.15) is 37.2 Å². The smallest absolute Gasteiger partial charge is 0.198 e. The molecule has 0 bridgehead atoms. The zero-order chi connectivity index (χ0) is 18.2. The van der Waals surface area contributed by atoms with E-state index in [0.29, 0.717) is 12.0 Å². The molecule has 1 aliphatic rings. The van der Waals surface area contributed by atoms with E-state index in [1.807, 2.05) is 0 Å². The van der Waals surface area contributed by atoms with E-state index in [9.17, 15) is 16.8 Å². The standard InChI is InChI=1S/C14H20N2O6S2/c1-2-14(24(19,20)22-16)12-8-5-3-4-6-10-13(11-7-9-12)23(17,18)21-15/h3-7,9-11,14H,2,8,15-16H2,1H3/b5-3-,6-4-,11-7-,12-9+,13-10+. The van der Waals surface area contributed by atoms with Crippen LogP contribution >= 0.6 is 0 Å². The zero-order valence-electron chi connectivity index (χ0n) is 13.0. The maximum absolute atomic E-state index is 11.9. The first-order valence-corrected chi connectivity index (χ1v) is 9.82. The Bertz CT molecular complexity index is 789. The second-order valence-corrected chi connectivity index (χ2v) is 8.04. The Morgan fingerprint density at radius 2 is 1.75 bits per heavy atom. The summed E-state index contributed by atoms with van der Waals surface area (Å²) in [7, 11) is -8.06. The predicted octanol–water partition coefficient (Wildman–Crippen LogP) is 1.09. The second kappa shape index (κ2) is 9.06. The third-order valence-corrected chi connectivity index (χ3v) is 5.93. The Hall–Kier alpha value is -1.56. The Morgan fingerprint density at radius 3 is 2.33 bits per heavy atom. The van der Waals surface area contributed by atoms with Crippen molar-refractivity contribution in [3.8, 4) is 0 Å². The highest BCUT2D eigenvalue weighted by atomic mass is 32.2. The van der Waals surface area contributed by atoms with Gasteiger partial charge in [0.25, 0.3) is 10.1 Å². The first kappa shape index (κ1) is 20.5. The Kier molecular flexibility index (Phi) is 7.73. The van der Waals surface area contributed by atoms with Crippen molar-refractivity contribution < 1.29 is 25.4 Å². The molecule has 4 N–H and O–H groups in total. The van der Waals surface area contributed by atoms with Crippen LogP contribution in [-0.2, 0) is 28.8 Å². The van der Waals surface area contributed by atoms with Crippen molar-refractivity contribution in [2.24, 2.45) is 11.8 Å². The molecule has 1 unspecified atom stereocenters. The minimum atomic E-state index is -4.09. The molecule has 24 heavy (non-hydrogen) atoms. The van der Waals surface area contributed by atoms with Crippen molar-refractivity contribution >= 4 is 20.2 Å². The first-order valence-electron chi connectivity index (χ1n) is 6.94. The monoisotopic (exact) mass is 376 g/mol. The molecule has 0 fully saturated rings. The second-order valence-electron chi connectivity index (χ2n) is 4.72. The van der Waals surface area contributed by atoms with E-state index in [4.69, 9.17) is 11.8 Å². The molecular formula is C14H20N2O6S2. The fourth-order valence-electron chi connectivity index (χ4n) is 2.07. The maximum Gasteiger partial charge on any atom is 0.312 e. The van der Waals surface area contributed by atoms with E-state index < -0.39 is 25.5 Å². The van der Waals surface area contributed by atoms with Gasteiger partial charge in [0, 0.05) is 0 Å². The fourth-order valence-corrected chi connectivity index (χ4v) is 3.76. The van der Waals surface area contributed by atoms with Crippen LogP contribution in [0.4, 0.5) is 0 Å². The van der Waals surface area contributed by atoms with Crippen LogP contribution in [-0.4, -0.2) is 22.1 Å². The van der Waals surface area contributed by atoms with Crippen molar-refractivity contribution in [3.63, 3.8) is 0 Å². The van der Waals surface area contributed by atoms with E-state index in [1.165, 1.54) is 30.4 Å². The molecule has 0 radical (unpaired) electrons. The van der Waals surface area contributed by atoms with Gasteiger partial charge in [0.1, 0.15) is 5.25 Å². The average molecular weight is 376 g/mol. The average Bonchev–Trinajstić information content (AvgIpc) is 2.60. The molecule has 0 amide bonds. The molecule has 134 valence electrons. The topological polar surface area (TPSA) is 139 Å². The fraction of sp³-hybridized carbons (Fsp3) is 0.286. The molecule has 0 saturated carbocycles.